The van der Waals surface area contributed by atoms with Crippen LogP contribution in [-0.2, 0) is 6.42 Å². The SMILES string of the molecule is C=Cc1cccc2c(CCCC)c(C(C)CC(C)C)[nH]c12. The maximum atomic E-state index is 3.96. The molecule has 0 aliphatic heterocycles. The van der Waals surface area contributed by atoms with Gasteiger partial charge in [0.05, 0.1) is 5.52 Å². The van der Waals surface area contributed by atoms with Crippen LogP contribution in [0.4, 0.5) is 0 Å². The van der Waals surface area contributed by atoms with Gasteiger partial charge in [-0.15, -0.1) is 0 Å². The van der Waals surface area contributed by atoms with E-state index in [2.05, 4.69) is 57.5 Å². The average molecular weight is 283 g/mol. The topological polar surface area (TPSA) is 15.8 Å². The third-order valence-electron chi connectivity index (χ3n) is 4.32. The lowest BCUT2D eigenvalue weighted by Crippen LogP contribution is -2.02. The molecule has 2 rings (SSSR count). The minimum Gasteiger partial charge on any atom is -0.357 e. The van der Waals surface area contributed by atoms with Gasteiger partial charge in [-0.3, -0.25) is 0 Å². The van der Waals surface area contributed by atoms with Crippen molar-refractivity contribution in [2.75, 3.05) is 0 Å². The fourth-order valence-electron chi connectivity index (χ4n) is 3.35. The van der Waals surface area contributed by atoms with Gasteiger partial charge < -0.3 is 4.98 Å². The first-order valence-corrected chi connectivity index (χ1v) is 8.34. The molecular weight excluding hydrogens is 254 g/mol. The summed E-state index contributed by atoms with van der Waals surface area (Å²) in [5.41, 5.74) is 5.46. The van der Waals surface area contributed by atoms with Crippen molar-refractivity contribution in [3.63, 3.8) is 0 Å². The van der Waals surface area contributed by atoms with Gasteiger partial charge in [0.1, 0.15) is 0 Å². The number of hydrogen-bond acceptors (Lipinski definition) is 0. The van der Waals surface area contributed by atoms with Crippen LogP contribution in [0, 0.1) is 5.92 Å². The fraction of sp³-hybridized carbons (Fsp3) is 0.500. The van der Waals surface area contributed by atoms with E-state index in [0.29, 0.717) is 5.92 Å². The first-order chi connectivity index (χ1) is 10.1. The quantitative estimate of drug-likeness (QED) is 0.613. The average Bonchev–Trinajstić information content (AvgIpc) is 2.83. The largest absolute Gasteiger partial charge is 0.357 e. The van der Waals surface area contributed by atoms with E-state index in [-0.39, 0.29) is 0 Å². The Morgan fingerprint density at radius 2 is 2.00 bits per heavy atom. The van der Waals surface area contributed by atoms with E-state index in [9.17, 15) is 0 Å². The van der Waals surface area contributed by atoms with Crippen LogP contribution in [0.1, 0.15) is 69.7 Å². The second-order valence-electron chi connectivity index (χ2n) is 6.63. The van der Waals surface area contributed by atoms with Crippen molar-refractivity contribution in [1.29, 1.82) is 0 Å². The number of H-pyrrole nitrogens is 1. The Balaban J connectivity index is 2.53. The number of aryl methyl sites for hydroxylation is 1. The minimum atomic E-state index is 0.585. The number of aromatic nitrogens is 1. The Labute approximate surface area is 129 Å². The predicted octanol–water partition coefficient (Wildman–Crippen LogP) is 6.30. The first kappa shape index (κ1) is 15.9. The van der Waals surface area contributed by atoms with E-state index in [1.54, 1.807) is 0 Å². The van der Waals surface area contributed by atoms with Crippen LogP contribution >= 0.6 is 0 Å². The van der Waals surface area contributed by atoms with Crippen molar-refractivity contribution < 1.29 is 0 Å². The second-order valence-corrected chi connectivity index (χ2v) is 6.63. The van der Waals surface area contributed by atoms with E-state index in [0.717, 1.165) is 5.92 Å². The van der Waals surface area contributed by atoms with Gasteiger partial charge in [-0.2, -0.15) is 0 Å². The molecule has 0 radical (unpaired) electrons. The zero-order valence-corrected chi connectivity index (χ0v) is 14.0. The van der Waals surface area contributed by atoms with Crippen molar-refractivity contribution >= 4 is 17.0 Å². The van der Waals surface area contributed by atoms with Gasteiger partial charge in [-0.05, 0) is 42.2 Å². The van der Waals surface area contributed by atoms with Crippen molar-refractivity contribution in [3.05, 3.63) is 41.6 Å². The van der Waals surface area contributed by atoms with Crippen LogP contribution < -0.4 is 0 Å². The molecule has 1 aromatic carbocycles. The number of fused-ring (bicyclic) bond motifs is 1. The van der Waals surface area contributed by atoms with Crippen molar-refractivity contribution in [2.45, 2.75) is 59.3 Å². The zero-order valence-electron chi connectivity index (χ0n) is 14.0. The molecule has 2 aromatic rings. The van der Waals surface area contributed by atoms with Gasteiger partial charge in [0.15, 0.2) is 0 Å². The number of nitrogens with one attached hydrogen (secondary N) is 1. The molecule has 1 atom stereocenters. The standard InChI is InChI=1S/C20H29N/c1-6-8-11-17-18-12-9-10-16(7-2)20(18)21-19(17)15(5)13-14(3)4/h7,9-10,12,14-15,21H,2,6,8,11,13H2,1,3-5H3. The lowest BCUT2D eigenvalue weighted by molar-refractivity contribution is 0.515. The van der Waals surface area contributed by atoms with Crippen LogP contribution in [-0.4, -0.2) is 4.98 Å². The van der Waals surface area contributed by atoms with Gasteiger partial charge in [0.2, 0.25) is 0 Å². The Morgan fingerprint density at radius 3 is 2.62 bits per heavy atom. The molecule has 0 aliphatic rings. The number of unbranched alkanes of at least 4 members (excludes halogenated alkanes) is 1. The molecule has 0 bridgehead atoms. The summed E-state index contributed by atoms with van der Waals surface area (Å²) in [5.74, 6) is 1.31. The maximum absolute atomic E-state index is 3.96. The predicted molar refractivity (Wildman–Crippen MR) is 94.9 cm³/mol. The van der Waals surface area contributed by atoms with Crippen molar-refractivity contribution in [1.82, 2.24) is 4.98 Å². The number of aromatic amines is 1. The molecule has 1 nitrogen and oxygen atoms in total. The molecule has 1 heterocycles. The summed E-state index contributed by atoms with van der Waals surface area (Å²) in [4.78, 5) is 3.73. The highest BCUT2D eigenvalue weighted by molar-refractivity contribution is 5.91. The number of hydrogen-bond donors (Lipinski definition) is 1. The molecule has 1 aromatic heterocycles. The van der Waals surface area contributed by atoms with Gasteiger partial charge in [0, 0.05) is 11.1 Å². The minimum absolute atomic E-state index is 0.585. The lowest BCUT2D eigenvalue weighted by Gasteiger charge is -2.15. The van der Waals surface area contributed by atoms with Crippen LogP contribution in [0.5, 0.6) is 0 Å². The van der Waals surface area contributed by atoms with E-state index >= 15 is 0 Å². The third kappa shape index (κ3) is 3.40. The molecular formula is C20H29N. The summed E-state index contributed by atoms with van der Waals surface area (Å²) in [6, 6.07) is 6.56. The van der Waals surface area contributed by atoms with Gasteiger partial charge >= 0.3 is 0 Å². The molecule has 1 heteroatoms. The number of rotatable bonds is 7. The molecule has 1 unspecified atom stereocenters. The number of benzene rings is 1. The van der Waals surface area contributed by atoms with Gasteiger partial charge in [-0.1, -0.05) is 65.0 Å². The van der Waals surface area contributed by atoms with Crippen LogP contribution in [0.3, 0.4) is 0 Å². The van der Waals surface area contributed by atoms with E-state index in [1.807, 2.05) is 6.08 Å². The molecule has 0 amide bonds. The lowest BCUT2D eigenvalue weighted by atomic mass is 9.91. The monoisotopic (exact) mass is 283 g/mol. The smallest absolute Gasteiger partial charge is 0.0532 e. The van der Waals surface area contributed by atoms with Crippen molar-refractivity contribution in [3.8, 4) is 0 Å². The van der Waals surface area contributed by atoms with E-state index < -0.39 is 0 Å². The van der Waals surface area contributed by atoms with Gasteiger partial charge in [-0.25, -0.2) is 0 Å². The molecule has 0 saturated carbocycles. The summed E-state index contributed by atoms with van der Waals surface area (Å²) < 4.78 is 0. The molecule has 0 spiro atoms. The highest BCUT2D eigenvalue weighted by Gasteiger charge is 2.18. The highest BCUT2D eigenvalue weighted by Crippen LogP contribution is 2.33. The Bertz CT molecular complexity index is 604. The molecule has 1 N–H and O–H groups in total. The maximum Gasteiger partial charge on any atom is 0.0532 e. The van der Waals surface area contributed by atoms with Crippen LogP contribution in [0.25, 0.3) is 17.0 Å². The normalized spacial score (nSPS) is 13.0. The summed E-state index contributed by atoms with van der Waals surface area (Å²) >= 11 is 0. The molecule has 0 saturated heterocycles. The summed E-state index contributed by atoms with van der Waals surface area (Å²) in [6.07, 6.45) is 6.86. The van der Waals surface area contributed by atoms with Crippen LogP contribution in [0.15, 0.2) is 24.8 Å². The fourth-order valence-corrected chi connectivity index (χ4v) is 3.35. The first-order valence-electron chi connectivity index (χ1n) is 8.34. The Kier molecular flexibility index (Phi) is 5.27. The Hall–Kier alpha value is -1.50. The highest BCUT2D eigenvalue weighted by atomic mass is 14.7. The summed E-state index contributed by atoms with van der Waals surface area (Å²) in [7, 11) is 0. The van der Waals surface area contributed by atoms with Crippen molar-refractivity contribution in [2.24, 2.45) is 5.92 Å². The zero-order chi connectivity index (χ0) is 15.4. The molecule has 21 heavy (non-hydrogen) atoms. The van der Waals surface area contributed by atoms with Crippen LogP contribution in [0.2, 0.25) is 0 Å². The second kappa shape index (κ2) is 6.98. The Morgan fingerprint density at radius 1 is 1.24 bits per heavy atom. The number of para-hydroxylation sites is 1. The van der Waals surface area contributed by atoms with E-state index in [1.165, 1.54) is 53.4 Å². The van der Waals surface area contributed by atoms with E-state index in [4.69, 9.17) is 0 Å². The summed E-state index contributed by atoms with van der Waals surface area (Å²) in [5, 5.41) is 1.39. The third-order valence-corrected chi connectivity index (χ3v) is 4.32. The van der Waals surface area contributed by atoms with Gasteiger partial charge in [0.25, 0.3) is 0 Å². The molecule has 114 valence electrons. The molecule has 0 fully saturated rings. The molecule has 0 aliphatic carbocycles. The summed E-state index contributed by atoms with van der Waals surface area (Å²) in [6.45, 7) is 13.2.